The second-order valence-corrected chi connectivity index (χ2v) is 9.80. The number of rotatable bonds is 5. The molecule has 1 atom stereocenters. The van der Waals surface area contributed by atoms with Crippen molar-refractivity contribution in [2.24, 2.45) is 17.8 Å². The van der Waals surface area contributed by atoms with Gasteiger partial charge in [-0.1, -0.05) is 48.9 Å². The fraction of sp³-hybridized carbons (Fsp3) is 0.565. The maximum Gasteiger partial charge on any atom is 0.288 e. The van der Waals surface area contributed by atoms with Gasteiger partial charge in [0.15, 0.2) is 0 Å². The lowest BCUT2D eigenvalue weighted by Gasteiger charge is -2.56. The Morgan fingerprint density at radius 3 is 2.36 bits per heavy atom. The highest BCUT2D eigenvalue weighted by atomic mass is 35.5. The molecular weight excluding hydrogens is 370 g/mol. The Kier molecular flexibility index (Phi) is 4.50. The van der Waals surface area contributed by atoms with Gasteiger partial charge in [-0.05, 0) is 67.8 Å². The number of anilines is 1. The summed E-state index contributed by atoms with van der Waals surface area (Å²) in [5.74, 6) is 2.62. The van der Waals surface area contributed by atoms with Crippen molar-refractivity contribution in [1.29, 1.82) is 0 Å². The fourth-order valence-corrected chi connectivity index (χ4v) is 6.58. The van der Waals surface area contributed by atoms with Crippen LogP contribution in [0.25, 0.3) is 0 Å². The molecule has 4 aliphatic carbocycles. The zero-order valence-electron chi connectivity index (χ0n) is 16.4. The molecule has 0 aliphatic heterocycles. The zero-order chi connectivity index (χ0) is 19.3. The van der Waals surface area contributed by atoms with E-state index in [2.05, 4.69) is 29.5 Å². The summed E-state index contributed by atoms with van der Waals surface area (Å²) in [6.07, 6.45) is 9.09. The number of nitrogens with one attached hydrogen (secondary N) is 1. The topological polar surface area (TPSA) is 46.9 Å². The molecule has 148 valence electrons. The number of hydrogen-bond donors (Lipinski definition) is 1. The van der Waals surface area contributed by atoms with Crippen molar-refractivity contribution in [2.45, 2.75) is 56.9 Å². The summed E-state index contributed by atoms with van der Waals surface area (Å²) in [4.78, 5) is 13.1. The lowest BCUT2D eigenvalue weighted by atomic mass is 9.53. The molecule has 4 fully saturated rings. The second-order valence-electron chi connectivity index (χ2n) is 9.42. The Hall–Kier alpha value is -1.81. The summed E-state index contributed by atoms with van der Waals surface area (Å²) >= 11 is 6.53. The van der Waals surface area contributed by atoms with E-state index in [0.29, 0.717) is 18.2 Å². The predicted octanol–water partition coefficient (Wildman–Crippen LogP) is 5.04. The maximum absolute atomic E-state index is 13.1. The van der Waals surface area contributed by atoms with Crippen LogP contribution in [0.4, 0.5) is 5.69 Å². The Bertz CT molecular complexity index is 888. The number of benzene rings is 1. The van der Waals surface area contributed by atoms with E-state index in [9.17, 15) is 4.79 Å². The van der Waals surface area contributed by atoms with Crippen molar-refractivity contribution in [2.75, 3.05) is 11.9 Å². The van der Waals surface area contributed by atoms with E-state index >= 15 is 0 Å². The average molecular weight is 398 g/mol. The van der Waals surface area contributed by atoms with Crippen LogP contribution in [0.3, 0.4) is 0 Å². The molecule has 1 aromatic carbocycles. The summed E-state index contributed by atoms with van der Waals surface area (Å²) in [5, 5.41) is 8.27. The van der Waals surface area contributed by atoms with E-state index in [1.807, 2.05) is 18.2 Å². The molecule has 1 heterocycles. The van der Waals surface area contributed by atoms with Crippen LogP contribution in [-0.2, 0) is 5.54 Å². The molecule has 0 unspecified atom stereocenters. The Morgan fingerprint density at radius 1 is 1.14 bits per heavy atom. The summed E-state index contributed by atoms with van der Waals surface area (Å²) in [7, 11) is 0. The van der Waals surface area contributed by atoms with Crippen LogP contribution in [0.1, 0.15) is 56.9 Å². The van der Waals surface area contributed by atoms with Gasteiger partial charge in [0.2, 0.25) is 0 Å². The highest BCUT2D eigenvalue weighted by Crippen LogP contribution is 2.58. The molecule has 28 heavy (non-hydrogen) atoms. The van der Waals surface area contributed by atoms with Crippen LogP contribution in [0.5, 0.6) is 0 Å². The van der Waals surface area contributed by atoms with Crippen LogP contribution < -0.4 is 10.9 Å². The van der Waals surface area contributed by atoms with Crippen molar-refractivity contribution in [1.82, 2.24) is 9.78 Å². The van der Waals surface area contributed by atoms with Gasteiger partial charge in [0.05, 0.1) is 17.4 Å². The Morgan fingerprint density at radius 2 is 1.75 bits per heavy atom. The molecular formula is C23H28ClN3O. The zero-order valence-corrected chi connectivity index (χ0v) is 17.2. The van der Waals surface area contributed by atoms with E-state index in [1.165, 1.54) is 24.8 Å². The largest absolute Gasteiger partial charge is 0.382 e. The first-order valence-electron chi connectivity index (χ1n) is 10.6. The second kappa shape index (κ2) is 6.91. The van der Waals surface area contributed by atoms with E-state index < -0.39 is 0 Å². The highest BCUT2D eigenvalue weighted by molar-refractivity contribution is 6.32. The normalized spacial score (nSPS) is 31.7. The fourth-order valence-electron chi connectivity index (χ4n) is 6.38. The van der Waals surface area contributed by atoms with Crippen LogP contribution in [0.15, 0.2) is 41.3 Å². The van der Waals surface area contributed by atoms with E-state index in [0.717, 1.165) is 37.0 Å². The van der Waals surface area contributed by atoms with E-state index in [4.69, 9.17) is 11.6 Å². The van der Waals surface area contributed by atoms with E-state index in [1.54, 1.807) is 10.9 Å². The molecule has 6 rings (SSSR count). The van der Waals surface area contributed by atoms with Gasteiger partial charge in [0.1, 0.15) is 5.02 Å². The van der Waals surface area contributed by atoms with Crippen LogP contribution in [0, 0.1) is 17.8 Å². The van der Waals surface area contributed by atoms with Crippen LogP contribution in [-0.4, -0.2) is 16.3 Å². The standard InChI is InChI=1S/C23H28ClN3O/c1-15(19-5-3-2-4-6-19)13-25-20-14-26-27(22(28)21(20)24)23-10-16-7-17(11-23)9-18(8-16)12-23/h2-6,14-18,25H,7-13H2,1H3/t15-,16?,17?,18?,23?/m1/s1. The van der Waals surface area contributed by atoms with Gasteiger partial charge in [-0.25, -0.2) is 4.68 Å². The first kappa shape index (κ1) is 18.2. The third-order valence-electron chi connectivity index (χ3n) is 7.34. The van der Waals surface area contributed by atoms with Crippen molar-refractivity contribution in [3.05, 3.63) is 57.5 Å². The monoisotopic (exact) mass is 397 g/mol. The lowest BCUT2D eigenvalue weighted by molar-refractivity contribution is -0.0518. The molecule has 2 aromatic rings. The van der Waals surface area contributed by atoms with Gasteiger partial charge in [-0.15, -0.1) is 0 Å². The van der Waals surface area contributed by atoms with Crippen molar-refractivity contribution in [3.8, 4) is 0 Å². The van der Waals surface area contributed by atoms with Gasteiger partial charge < -0.3 is 5.32 Å². The first-order chi connectivity index (χ1) is 13.5. The summed E-state index contributed by atoms with van der Waals surface area (Å²) < 4.78 is 1.76. The van der Waals surface area contributed by atoms with Crippen LogP contribution in [0.2, 0.25) is 5.02 Å². The molecule has 0 spiro atoms. The molecule has 4 nitrogen and oxygen atoms in total. The molecule has 5 heteroatoms. The lowest BCUT2D eigenvalue weighted by Crippen LogP contribution is -2.55. The number of nitrogens with zero attached hydrogens (tertiary/aromatic N) is 2. The smallest absolute Gasteiger partial charge is 0.288 e. The number of aromatic nitrogens is 2. The molecule has 0 radical (unpaired) electrons. The van der Waals surface area contributed by atoms with Crippen molar-refractivity contribution < 1.29 is 0 Å². The highest BCUT2D eigenvalue weighted by Gasteiger charge is 2.53. The molecule has 4 saturated carbocycles. The van der Waals surface area contributed by atoms with Gasteiger partial charge in [0.25, 0.3) is 5.56 Å². The van der Waals surface area contributed by atoms with Gasteiger partial charge in [-0.3, -0.25) is 4.79 Å². The van der Waals surface area contributed by atoms with Gasteiger partial charge in [-0.2, -0.15) is 5.10 Å². The average Bonchev–Trinajstić information content (AvgIpc) is 2.68. The molecule has 1 N–H and O–H groups in total. The third-order valence-corrected chi connectivity index (χ3v) is 7.71. The summed E-state index contributed by atoms with van der Waals surface area (Å²) in [5.41, 5.74) is 1.70. The first-order valence-corrected chi connectivity index (χ1v) is 11.0. The molecule has 4 bridgehead atoms. The summed E-state index contributed by atoms with van der Waals surface area (Å²) in [6.45, 7) is 2.88. The minimum atomic E-state index is -0.124. The molecule has 4 aliphatic rings. The predicted molar refractivity (Wildman–Crippen MR) is 113 cm³/mol. The van der Waals surface area contributed by atoms with Crippen molar-refractivity contribution >= 4 is 17.3 Å². The number of halogens is 1. The number of hydrogen-bond acceptors (Lipinski definition) is 3. The quantitative estimate of drug-likeness (QED) is 0.768. The minimum absolute atomic E-state index is 0.0919. The van der Waals surface area contributed by atoms with Gasteiger partial charge >= 0.3 is 0 Å². The maximum atomic E-state index is 13.1. The van der Waals surface area contributed by atoms with Crippen molar-refractivity contribution in [3.63, 3.8) is 0 Å². The van der Waals surface area contributed by atoms with Gasteiger partial charge in [0, 0.05) is 6.54 Å². The molecule has 1 aromatic heterocycles. The third kappa shape index (κ3) is 3.06. The SMILES string of the molecule is C[C@H](CNc1cnn(C23CC4CC(CC(C4)C2)C3)c(=O)c1Cl)c1ccccc1. The van der Waals surface area contributed by atoms with E-state index in [-0.39, 0.29) is 16.1 Å². The van der Waals surface area contributed by atoms with Crippen LogP contribution >= 0.6 is 11.6 Å². The Labute approximate surface area is 171 Å². The molecule has 0 saturated heterocycles. The Balaban J connectivity index is 1.37. The minimum Gasteiger partial charge on any atom is -0.382 e. The summed E-state index contributed by atoms with van der Waals surface area (Å²) in [6, 6.07) is 10.4. The molecule has 0 amide bonds.